The maximum absolute atomic E-state index is 12.0. The minimum Gasteiger partial charge on any atom is -0.370 e. The number of hydrogen-bond donors (Lipinski definition) is 2. The summed E-state index contributed by atoms with van der Waals surface area (Å²) in [6.07, 6.45) is 2.01. The van der Waals surface area contributed by atoms with Crippen molar-refractivity contribution >= 4 is 39.3 Å². The number of amides is 1. The van der Waals surface area contributed by atoms with Gasteiger partial charge in [-0.05, 0) is 40.9 Å². The van der Waals surface area contributed by atoms with Crippen molar-refractivity contribution < 1.29 is 9.53 Å². The Bertz CT molecular complexity index is 658. The van der Waals surface area contributed by atoms with E-state index in [1.807, 2.05) is 24.3 Å². The number of rotatable bonds is 5. The van der Waals surface area contributed by atoms with Crippen LogP contribution in [0.25, 0.3) is 0 Å². The van der Waals surface area contributed by atoms with Crippen LogP contribution in [0.4, 0.5) is 5.69 Å². The monoisotopic (exact) mass is 382 g/mol. The minimum atomic E-state index is -0.0969. The molecule has 0 radical (unpaired) electrons. The highest BCUT2D eigenvalue weighted by Crippen LogP contribution is 2.27. The number of H-pyrrole nitrogens is 1. The third kappa shape index (κ3) is 3.88. The number of carbonyl (C=O) groups is 1. The molecule has 1 saturated heterocycles. The van der Waals surface area contributed by atoms with Crippen molar-refractivity contribution in [3.63, 3.8) is 0 Å². The standard InChI is InChI=1S/C14H15BrN4O2S/c15-9-4-1-2-5-10(9)16-12(20)8-22-14-17-13(18-19-14)11-6-3-7-21-11/h1-2,4-5,11H,3,6-8H2,(H,16,20)(H,17,18,19)/t11-/m1/s1. The first kappa shape index (κ1) is 15.5. The Kier molecular flexibility index (Phi) is 5.12. The van der Waals surface area contributed by atoms with Gasteiger partial charge in [0, 0.05) is 11.1 Å². The van der Waals surface area contributed by atoms with Crippen LogP contribution in [0.5, 0.6) is 0 Å². The zero-order valence-electron chi connectivity index (χ0n) is 11.7. The second kappa shape index (κ2) is 7.26. The Hall–Kier alpha value is -1.38. The van der Waals surface area contributed by atoms with Gasteiger partial charge >= 0.3 is 0 Å². The summed E-state index contributed by atoms with van der Waals surface area (Å²) >= 11 is 4.69. The van der Waals surface area contributed by atoms with Crippen LogP contribution in [-0.4, -0.2) is 33.4 Å². The molecule has 1 aliphatic heterocycles. The second-order valence-electron chi connectivity index (χ2n) is 4.82. The number of para-hydroxylation sites is 1. The number of thioether (sulfide) groups is 1. The Morgan fingerprint density at radius 1 is 1.50 bits per heavy atom. The maximum atomic E-state index is 12.0. The zero-order valence-corrected chi connectivity index (χ0v) is 14.1. The van der Waals surface area contributed by atoms with E-state index in [0.717, 1.165) is 35.4 Å². The van der Waals surface area contributed by atoms with Gasteiger partial charge in [-0.1, -0.05) is 23.9 Å². The molecule has 116 valence electrons. The molecular weight excluding hydrogens is 368 g/mol. The number of carbonyl (C=O) groups excluding carboxylic acids is 1. The lowest BCUT2D eigenvalue weighted by molar-refractivity contribution is -0.113. The molecule has 0 saturated carbocycles. The van der Waals surface area contributed by atoms with Crippen LogP contribution in [0.2, 0.25) is 0 Å². The van der Waals surface area contributed by atoms with Crippen LogP contribution < -0.4 is 5.32 Å². The van der Waals surface area contributed by atoms with Gasteiger partial charge in [0.25, 0.3) is 0 Å². The molecule has 1 aromatic heterocycles. The minimum absolute atomic E-state index is 0.0101. The van der Waals surface area contributed by atoms with Crippen molar-refractivity contribution in [1.29, 1.82) is 0 Å². The van der Waals surface area contributed by atoms with Crippen molar-refractivity contribution in [3.05, 3.63) is 34.6 Å². The average Bonchev–Trinajstić information content (AvgIpc) is 3.18. The number of nitrogens with zero attached hydrogens (tertiary/aromatic N) is 2. The smallest absolute Gasteiger partial charge is 0.234 e. The van der Waals surface area contributed by atoms with Crippen LogP contribution in [0.1, 0.15) is 24.8 Å². The van der Waals surface area contributed by atoms with Gasteiger partial charge in [0.2, 0.25) is 11.1 Å². The number of nitrogens with one attached hydrogen (secondary N) is 2. The SMILES string of the molecule is O=C(CSc1n[nH]c([C@H]2CCCO2)n1)Nc1ccccc1Br. The first-order valence-corrected chi connectivity index (χ1v) is 8.71. The predicted octanol–water partition coefficient (Wildman–Crippen LogP) is 3.15. The van der Waals surface area contributed by atoms with Gasteiger partial charge in [0.15, 0.2) is 5.82 Å². The summed E-state index contributed by atoms with van der Waals surface area (Å²) in [5.41, 5.74) is 0.753. The summed E-state index contributed by atoms with van der Waals surface area (Å²) in [5, 5.41) is 10.4. The van der Waals surface area contributed by atoms with Gasteiger partial charge < -0.3 is 10.1 Å². The van der Waals surface area contributed by atoms with Crippen molar-refractivity contribution in [2.24, 2.45) is 0 Å². The van der Waals surface area contributed by atoms with Gasteiger partial charge in [-0.3, -0.25) is 9.89 Å². The van der Waals surface area contributed by atoms with Crippen molar-refractivity contribution in [2.45, 2.75) is 24.1 Å². The third-order valence-electron chi connectivity index (χ3n) is 3.20. The largest absolute Gasteiger partial charge is 0.370 e. The lowest BCUT2D eigenvalue weighted by Gasteiger charge is -2.05. The summed E-state index contributed by atoms with van der Waals surface area (Å²) in [6, 6.07) is 7.49. The van der Waals surface area contributed by atoms with E-state index in [4.69, 9.17) is 4.74 Å². The fourth-order valence-corrected chi connectivity index (χ4v) is 3.13. The molecule has 0 spiro atoms. The van der Waals surface area contributed by atoms with Crippen LogP contribution in [-0.2, 0) is 9.53 Å². The fourth-order valence-electron chi connectivity index (χ4n) is 2.14. The van der Waals surface area contributed by atoms with Crippen molar-refractivity contribution in [1.82, 2.24) is 15.2 Å². The highest BCUT2D eigenvalue weighted by Gasteiger charge is 2.21. The lowest BCUT2D eigenvalue weighted by atomic mass is 10.2. The van der Waals surface area contributed by atoms with E-state index < -0.39 is 0 Å². The summed E-state index contributed by atoms with van der Waals surface area (Å²) in [5.74, 6) is 0.899. The van der Waals surface area contributed by atoms with E-state index >= 15 is 0 Å². The van der Waals surface area contributed by atoms with Crippen LogP contribution in [0, 0.1) is 0 Å². The van der Waals surface area contributed by atoms with E-state index in [0.29, 0.717) is 5.16 Å². The zero-order chi connectivity index (χ0) is 15.4. The lowest BCUT2D eigenvalue weighted by Crippen LogP contribution is -2.14. The number of aromatic nitrogens is 3. The van der Waals surface area contributed by atoms with E-state index in [9.17, 15) is 4.79 Å². The molecule has 1 fully saturated rings. The molecule has 2 aromatic rings. The Balaban J connectivity index is 1.52. The Labute approximate surface area is 140 Å². The van der Waals surface area contributed by atoms with Gasteiger partial charge in [-0.15, -0.1) is 5.10 Å². The number of benzene rings is 1. The highest BCUT2D eigenvalue weighted by atomic mass is 79.9. The molecule has 2 heterocycles. The second-order valence-corrected chi connectivity index (χ2v) is 6.62. The molecule has 1 atom stereocenters. The molecule has 1 aliphatic rings. The molecule has 1 aromatic carbocycles. The molecule has 3 rings (SSSR count). The van der Waals surface area contributed by atoms with Crippen LogP contribution in [0.15, 0.2) is 33.9 Å². The Morgan fingerprint density at radius 2 is 2.36 bits per heavy atom. The number of ether oxygens (including phenoxy) is 1. The van der Waals surface area contributed by atoms with E-state index in [1.165, 1.54) is 11.8 Å². The molecule has 22 heavy (non-hydrogen) atoms. The molecule has 2 N–H and O–H groups in total. The quantitative estimate of drug-likeness (QED) is 0.776. The summed E-state index contributed by atoms with van der Waals surface area (Å²) in [6.45, 7) is 0.766. The average molecular weight is 383 g/mol. The summed E-state index contributed by atoms with van der Waals surface area (Å²) < 4.78 is 6.40. The predicted molar refractivity (Wildman–Crippen MR) is 87.8 cm³/mol. The number of aromatic amines is 1. The van der Waals surface area contributed by atoms with Gasteiger partial charge in [0.05, 0.1) is 11.4 Å². The van der Waals surface area contributed by atoms with E-state index in [1.54, 1.807) is 0 Å². The van der Waals surface area contributed by atoms with E-state index in [-0.39, 0.29) is 17.8 Å². The molecule has 0 unspecified atom stereocenters. The number of halogens is 1. The summed E-state index contributed by atoms with van der Waals surface area (Å²) in [4.78, 5) is 16.3. The number of anilines is 1. The molecule has 8 heteroatoms. The molecular formula is C14H15BrN4O2S. The van der Waals surface area contributed by atoms with Gasteiger partial charge in [-0.25, -0.2) is 4.98 Å². The first-order valence-electron chi connectivity index (χ1n) is 6.93. The van der Waals surface area contributed by atoms with Crippen LogP contribution >= 0.6 is 27.7 Å². The van der Waals surface area contributed by atoms with Gasteiger partial charge in [-0.2, -0.15) is 0 Å². The Morgan fingerprint density at radius 3 is 3.14 bits per heavy atom. The van der Waals surface area contributed by atoms with Gasteiger partial charge in [0.1, 0.15) is 6.10 Å². The highest BCUT2D eigenvalue weighted by molar-refractivity contribution is 9.10. The topological polar surface area (TPSA) is 79.9 Å². The molecule has 0 bridgehead atoms. The normalized spacial score (nSPS) is 17.6. The maximum Gasteiger partial charge on any atom is 0.234 e. The fraction of sp³-hybridized carbons (Fsp3) is 0.357. The molecule has 6 nitrogen and oxygen atoms in total. The number of hydrogen-bond acceptors (Lipinski definition) is 5. The molecule has 0 aliphatic carbocycles. The van der Waals surface area contributed by atoms with Crippen molar-refractivity contribution in [2.75, 3.05) is 17.7 Å². The van der Waals surface area contributed by atoms with Crippen molar-refractivity contribution in [3.8, 4) is 0 Å². The first-order chi connectivity index (χ1) is 10.7. The van der Waals surface area contributed by atoms with Crippen LogP contribution in [0.3, 0.4) is 0 Å². The third-order valence-corrected chi connectivity index (χ3v) is 4.74. The molecule has 1 amide bonds. The van der Waals surface area contributed by atoms with E-state index in [2.05, 4.69) is 36.4 Å². The summed E-state index contributed by atoms with van der Waals surface area (Å²) in [7, 11) is 0.